The minimum Gasteiger partial charge on any atom is -0.294 e. The zero-order valence-corrected chi connectivity index (χ0v) is 13.0. The Hall–Kier alpha value is -2.48. The van der Waals surface area contributed by atoms with E-state index in [4.69, 9.17) is 0 Å². The van der Waals surface area contributed by atoms with Crippen molar-refractivity contribution in [1.29, 1.82) is 0 Å². The number of carbonyl (C=O) groups is 1. The van der Waals surface area contributed by atoms with Gasteiger partial charge in [0.2, 0.25) is 0 Å². The van der Waals surface area contributed by atoms with E-state index in [-0.39, 0.29) is 5.78 Å². The molecular weight excluding hydrogens is 270 g/mol. The largest absolute Gasteiger partial charge is 0.294 e. The second kappa shape index (κ2) is 6.10. The van der Waals surface area contributed by atoms with E-state index in [9.17, 15) is 4.79 Å². The smallest absolute Gasteiger partial charge is 0.167 e. The van der Waals surface area contributed by atoms with Crippen LogP contribution in [0.2, 0.25) is 0 Å². The minimum atomic E-state index is 0.145. The molecule has 1 heterocycles. The molecule has 0 spiro atoms. The van der Waals surface area contributed by atoms with Gasteiger partial charge in [-0.2, -0.15) is 0 Å². The molecule has 0 aliphatic carbocycles. The van der Waals surface area contributed by atoms with Crippen molar-refractivity contribution >= 4 is 16.7 Å². The summed E-state index contributed by atoms with van der Waals surface area (Å²) < 4.78 is 0. The number of hydrogen-bond acceptors (Lipinski definition) is 2. The van der Waals surface area contributed by atoms with Crippen LogP contribution in [0, 0.1) is 6.92 Å². The first-order valence-electron chi connectivity index (χ1n) is 7.65. The summed E-state index contributed by atoms with van der Waals surface area (Å²) in [4.78, 5) is 17.1. The number of benzene rings is 2. The first-order valence-corrected chi connectivity index (χ1v) is 7.65. The van der Waals surface area contributed by atoms with Gasteiger partial charge in [-0.1, -0.05) is 37.3 Å². The third-order valence-corrected chi connectivity index (χ3v) is 4.02. The second-order valence-electron chi connectivity index (χ2n) is 5.58. The highest BCUT2D eigenvalue weighted by molar-refractivity contribution is 6.00. The molecule has 0 N–H and O–H groups in total. The van der Waals surface area contributed by atoms with Crippen molar-refractivity contribution < 1.29 is 4.79 Å². The Balaban J connectivity index is 1.94. The Morgan fingerprint density at radius 3 is 2.55 bits per heavy atom. The van der Waals surface area contributed by atoms with Gasteiger partial charge in [0, 0.05) is 23.1 Å². The molecule has 0 fully saturated rings. The molecule has 0 aliphatic heterocycles. The highest BCUT2D eigenvalue weighted by atomic mass is 16.1. The second-order valence-corrected chi connectivity index (χ2v) is 5.58. The number of nitrogens with zero attached hydrogens (tertiary/aromatic N) is 1. The van der Waals surface area contributed by atoms with E-state index in [0.29, 0.717) is 6.42 Å². The van der Waals surface area contributed by atoms with Crippen LogP contribution in [0.1, 0.15) is 34.1 Å². The van der Waals surface area contributed by atoms with Crippen molar-refractivity contribution in [2.45, 2.75) is 26.7 Å². The lowest BCUT2D eigenvalue weighted by Crippen LogP contribution is -2.03. The fraction of sp³-hybridized carbons (Fsp3) is 0.200. The van der Waals surface area contributed by atoms with Gasteiger partial charge in [-0.3, -0.25) is 9.78 Å². The average molecular weight is 289 g/mol. The predicted molar refractivity (Wildman–Crippen MR) is 90.3 cm³/mol. The number of carbonyl (C=O) groups excluding carboxylic acids is 1. The number of hydrogen-bond donors (Lipinski definition) is 0. The molecule has 2 aromatic carbocycles. The normalized spacial score (nSPS) is 10.8. The number of Topliss-reactive ketones (excluding diaryl/α,β-unsaturated/α-hetero) is 1. The molecule has 0 aliphatic rings. The van der Waals surface area contributed by atoms with E-state index in [1.807, 2.05) is 55.5 Å². The Morgan fingerprint density at radius 1 is 1.05 bits per heavy atom. The van der Waals surface area contributed by atoms with Crippen molar-refractivity contribution in [3.05, 3.63) is 77.0 Å². The molecule has 0 bridgehead atoms. The molecule has 0 amide bonds. The first-order chi connectivity index (χ1) is 10.7. The summed E-state index contributed by atoms with van der Waals surface area (Å²) in [5, 5.41) is 1.04. The van der Waals surface area contributed by atoms with E-state index in [1.165, 1.54) is 5.56 Å². The molecule has 110 valence electrons. The first kappa shape index (κ1) is 14.5. The fourth-order valence-electron chi connectivity index (χ4n) is 2.73. The Bertz CT molecular complexity index is 822. The molecule has 2 heteroatoms. The summed E-state index contributed by atoms with van der Waals surface area (Å²) in [7, 11) is 0. The Kier molecular flexibility index (Phi) is 4.01. The van der Waals surface area contributed by atoms with E-state index >= 15 is 0 Å². The van der Waals surface area contributed by atoms with Crippen molar-refractivity contribution in [3.63, 3.8) is 0 Å². The lowest BCUT2D eigenvalue weighted by molar-refractivity contribution is 0.0993. The molecule has 0 radical (unpaired) electrons. The number of aryl methyl sites for hydroxylation is 2. The predicted octanol–water partition coefficient (Wildman–Crippen LogP) is 4.53. The van der Waals surface area contributed by atoms with Gasteiger partial charge in [-0.05, 0) is 48.7 Å². The van der Waals surface area contributed by atoms with Gasteiger partial charge < -0.3 is 0 Å². The maximum absolute atomic E-state index is 12.5. The van der Waals surface area contributed by atoms with Gasteiger partial charge in [-0.25, -0.2) is 0 Å². The van der Waals surface area contributed by atoms with Crippen LogP contribution >= 0.6 is 0 Å². The number of ketones is 1. The monoisotopic (exact) mass is 289 g/mol. The zero-order valence-electron chi connectivity index (χ0n) is 13.0. The Morgan fingerprint density at radius 2 is 1.82 bits per heavy atom. The summed E-state index contributed by atoms with van der Waals surface area (Å²) in [5.41, 5.74) is 5.05. The minimum absolute atomic E-state index is 0.145. The van der Waals surface area contributed by atoms with Gasteiger partial charge in [0.25, 0.3) is 0 Å². The van der Waals surface area contributed by atoms with Gasteiger partial charge in [0.05, 0.1) is 5.52 Å². The summed E-state index contributed by atoms with van der Waals surface area (Å²) in [5.74, 6) is 0.145. The third kappa shape index (κ3) is 2.91. The van der Waals surface area contributed by atoms with Crippen LogP contribution in [0.15, 0.2) is 54.6 Å². The topological polar surface area (TPSA) is 30.0 Å². The highest BCUT2D eigenvalue weighted by Gasteiger charge is 2.09. The molecule has 0 unspecified atom stereocenters. The maximum atomic E-state index is 12.5. The number of rotatable bonds is 4. The van der Waals surface area contributed by atoms with Crippen LogP contribution in [0.4, 0.5) is 0 Å². The summed E-state index contributed by atoms with van der Waals surface area (Å²) in [6, 6.07) is 17.8. The van der Waals surface area contributed by atoms with Gasteiger partial charge >= 0.3 is 0 Å². The molecule has 3 rings (SSSR count). The highest BCUT2D eigenvalue weighted by Crippen LogP contribution is 2.19. The van der Waals surface area contributed by atoms with E-state index < -0.39 is 0 Å². The van der Waals surface area contributed by atoms with Gasteiger partial charge in [0.15, 0.2) is 5.78 Å². The van der Waals surface area contributed by atoms with Crippen molar-refractivity contribution in [2.75, 3.05) is 0 Å². The zero-order chi connectivity index (χ0) is 15.5. The average Bonchev–Trinajstić information content (AvgIpc) is 2.54. The number of pyridine rings is 1. The quantitative estimate of drug-likeness (QED) is 0.660. The van der Waals surface area contributed by atoms with Gasteiger partial charge in [-0.15, -0.1) is 0 Å². The number of fused-ring (bicyclic) bond motifs is 1. The molecule has 2 nitrogen and oxygen atoms in total. The molecule has 0 saturated heterocycles. The van der Waals surface area contributed by atoms with Crippen molar-refractivity contribution in [3.8, 4) is 0 Å². The summed E-state index contributed by atoms with van der Waals surface area (Å²) in [6.45, 7) is 4.16. The maximum Gasteiger partial charge on any atom is 0.167 e. The van der Waals surface area contributed by atoms with Crippen LogP contribution in [-0.2, 0) is 12.8 Å². The van der Waals surface area contributed by atoms with Crippen LogP contribution < -0.4 is 0 Å². The van der Waals surface area contributed by atoms with Crippen LogP contribution in [0.25, 0.3) is 10.9 Å². The number of aromatic nitrogens is 1. The molecule has 3 aromatic rings. The van der Waals surface area contributed by atoms with Crippen molar-refractivity contribution in [1.82, 2.24) is 4.98 Å². The Labute approximate surface area is 130 Å². The summed E-state index contributed by atoms with van der Waals surface area (Å²) >= 11 is 0. The lowest BCUT2D eigenvalue weighted by atomic mass is 10.00. The third-order valence-electron chi connectivity index (χ3n) is 4.02. The molecule has 0 saturated carbocycles. The SMILES string of the molecule is CCc1cc2cc(C(=O)Cc3ccccc3)ccc2nc1C. The van der Waals surface area contributed by atoms with E-state index in [0.717, 1.165) is 34.1 Å². The van der Waals surface area contributed by atoms with Gasteiger partial charge in [0.1, 0.15) is 0 Å². The molecule has 22 heavy (non-hydrogen) atoms. The standard InChI is InChI=1S/C20H19NO/c1-3-16-12-18-13-17(9-10-19(18)21-14(16)2)20(22)11-15-7-5-4-6-8-15/h4-10,12-13H,3,11H2,1-2H3. The summed E-state index contributed by atoms with van der Waals surface area (Å²) in [6.07, 6.45) is 1.39. The van der Waals surface area contributed by atoms with Crippen LogP contribution in [0.3, 0.4) is 0 Å². The van der Waals surface area contributed by atoms with Crippen LogP contribution in [-0.4, -0.2) is 10.8 Å². The van der Waals surface area contributed by atoms with Crippen LogP contribution in [0.5, 0.6) is 0 Å². The van der Waals surface area contributed by atoms with E-state index in [2.05, 4.69) is 18.0 Å². The fourth-order valence-corrected chi connectivity index (χ4v) is 2.73. The molecule has 0 atom stereocenters. The molecular formula is C20H19NO. The van der Waals surface area contributed by atoms with Crippen molar-refractivity contribution in [2.24, 2.45) is 0 Å². The molecule has 1 aromatic heterocycles. The van der Waals surface area contributed by atoms with E-state index in [1.54, 1.807) is 0 Å². The lowest BCUT2D eigenvalue weighted by Gasteiger charge is -2.07.